The van der Waals surface area contributed by atoms with Crippen molar-refractivity contribution in [3.63, 3.8) is 0 Å². The van der Waals surface area contributed by atoms with Gasteiger partial charge in [-0.3, -0.25) is 4.79 Å². The van der Waals surface area contributed by atoms with Crippen LogP contribution in [0, 0.1) is 0 Å². The third-order valence-corrected chi connectivity index (χ3v) is 4.58. The summed E-state index contributed by atoms with van der Waals surface area (Å²) >= 11 is 0. The van der Waals surface area contributed by atoms with Crippen LogP contribution < -0.4 is 15.2 Å². The zero-order chi connectivity index (χ0) is 23.0. The molecule has 2 N–H and O–H groups in total. The highest BCUT2D eigenvalue weighted by Crippen LogP contribution is 2.36. The van der Waals surface area contributed by atoms with Crippen LogP contribution in [-0.2, 0) is 29.5 Å². The summed E-state index contributed by atoms with van der Waals surface area (Å²) in [6, 6.07) is 11.1. The smallest absolute Gasteiger partial charge is 0.313 e. The molecule has 1 atom stereocenters. The van der Waals surface area contributed by atoms with Gasteiger partial charge in [0.2, 0.25) is 17.4 Å². The van der Waals surface area contributed by atoms with E-state index in [0.29, 0.717) is 5.75 Å². The summed E-state index contributed by atoms with van der Waals surface area (Å²) in [6.07, 6.45) is -2.46. The molecule has 0 spiro atoms. The Morgan fingerprint density at radius 3 is 2.46 bits per heavy atom. The normalized spacial score (nSPS) is 21.4. The number of benzene rings is 2. The number of ether oxygens (including phenoxy) is 3. The molecule has 2 aromatic carbocycles. The quantitative estimate of drug-likeness (QED) is 0.692. The molecule has 0 saturated carbocycles. The summed E-state index contributed by atoms with van der Waals surface area (Å²) in [5.74, 6) is -2.43. The highest BCUT2D eigenvalue weighted by molar-refractivity contribution is 7.86. The maximum Gasteiger partial charge on any atom is 0.313 e. The van der Waals surface area contributed by atoms with Gasteiger partial charge in [-0.2, -0.15) is 8.42 Å². The lowest BCUT2D eigenvalue weighted by molar-refractivity contribution is -0.123. The Morgan fingerprint density at radius 2 is 1.82 bits per heavy atom. The molecule has 0 unspecified atom stereocenters. The van der Waals surface area contributed by atoms with E-state index in [4.69, 9.17) is 28.2 Å². The molecular weight excluding hydrogens is 386 g/mol. The van der Waals surface area contributed by atoms with E-state index in [-0.39, 0.29) is 16.9 Å². The summed E-state index contributed by atoms with van der Waals surface area (Å²) in [6.45, 7) is 0. The second kappa shape index (κ2) is 7.81. The van der Waals surface area contributed by atoms with Crippen LogP contribution >= 0.6 is 0 Å². The number of hydrogen-bond donors (Lipinski definition) is 1. The standard InChI is InChI=1S/C19H19NO7S/c1-24-14-9-8-13(10-15(14)25-2)17-16(21)18(19(20)26-17)27-28(22,23)11-12-6-4-3-5-7-12/h3-10,17H,11,20H2,1-2H3/t17-/m1/s1/i11D2,17D. The van der Waals surface area contributed by atoms with Crippen LogP contribution in [0.15, 0.2) is 60.2 Å². The summed E-state index contributed by atoms with van der Waals surface area (Å²) < 4.78 is 69.9. The fourth-order valence-corrected chi connectivity index (χ4v) is 3.29. The van der Waals surface area contributed by atoms with E-state index in [9.17, 15) is 13.2 Å². The van der Waals surface area contributed by atoms with Crippen molar-refractivity contribution in [3.05, 3.63) is 71.3 Å². The Hall–Kier alpha value is -3.20. The summed E-state index contributed by atoms with van der Waals surface area (Å²) in [4.78, 5) is 12.9. The average molecular weight is 408 g/mol. The third kappa shape index (κ3) is 4.04. The number of nitrogens with two attached hydrogens (primary N) is 1. The molecule has 2 aromatic rings. The van der Waals surface area contributed by atoms with Crippen molar-refractivity contribution in [1.82, 2.24) is 0 Å². The molecule has 8 nitrogen and oxygen atoms in total. The van der Waals surface area contributed by atoms with E-state index in [0.717, 1.165) is 0 Å². The summed E-state index contributed by atoms with van der Waals surface area (Å²) in [5, 5.41) is 0. The fourth-order valence-electron chi connectivity index (χ4n) is 2.45. The van der Waals surface area contributed by atoms with Crippen LogP contribution in [0.2, 0.25) is 0 Å². The Bertz CT molecular complexity index is 1150. The van der Waals surface area contributed by atoms with E-state index >= 15 is 0 Å². The number of hydrogen-bond acceptors (Lipinski definition) is 8. The first-order valence-electron chi connectivity index (χ1n) is 9.43. The van der Waals surface area contributed by atoms with Gasteiger partial charge in [0.25, 0.3) is 0 Å². The molecule has 0 aliphatic carbocycles. The maximum absolute atomic E-state index is 12.9. The Kier molecular flexibility index (Phi) is 4.41. The Labute approximate surface area is 166 Å². The average Bonchev–Trinajstić information content (AvgIpc) is 2.97. The lowest BCUT2D eigenvalue weighted by atomic mass is 10.1. The molecule has 0 bridgehead atoms. The second-order valence-electron chi connectivity index (χ2n) is 5.53. The molecule has 0 saturated heterocycles. The fraction of sp³-hybridized carbons (Fsp3) is 0.211. The van der Waals surface area contributed by atoms with Crippen LogP contribution in [0.1, 0.15) is 21.3 Å². The van der Waals surface area contributed by atoms with Gasteiger partial charge in [0.1, 0.15) is 5.70 Å². The minimum absolute atomic E-state index is 0.0276. The minimum Gasteiger partial charge on any atom is -0.493 e. The monoisotopic (exact) mass is 408 g/mol. The van der Waals surface area contributed by atoms with Gasteiger partial charge in [0, 0.05) is 5.56 Å². The molecule has 0 radical (unpaired) electrons. The molecule has 3 rings (SSSR count). The van der Waals surface area contributed by atoms with Gasteiger partial charge in [0.15, 0.2) is 17.6 Å². The summed E-state index contributed by atoms with van der Waals surface area (Å²) in [7, 11) is -2.29. The first kappa shape index (κ1) is 15.8. The topological polar surface area (TPSA) is 114 Å². The van der Waals surface area contributed by atoms with Gasteiger partial charge >= 0.3 is 10.1 Å². The molecule has 1 aliphatic rings. The van der Waals surface area contributed by atoms with Crippen LogP contribution in [0.5, 0.6) is 11.5 Å². The zero-order valence-corrected chi connectivity index (χ0v) is 15.8. The van der Waals surface area contributed by atoms with E-state index in [1.807, 2.05) is 0 Å². The largest absolute Gasteiger partial charge is 0.493 e. The highest BCUT2D eigenvalue weighted by atomic mass is 32.2. The highest BCUT2D eigenvalue weighted by Gasteiger charge is 2.39. The molecule has 0 amide bonds. The van der Waals surface area contributed by atoms with Gasteiger partial charge in [-0.15, -0.1) is 0 Å². The van der Waals surface area contributed by atoms with Crippen LogP contribution in [0.25, 0.3) is 0 Å². The van der Waals surface area contributed by atoms with Crippen molar-refractivity contribution in [2.75, 3.05) is 14.2 Å². The van der Waals surface area contributed by atoms with Gasteiger partial charge in [-0.25, -0.2) is 0 Å². The number of methoxy groups -OCH3 is 2. The van der Waals surface area contributed by atoms with E-state index in [1.165, 1.54) is 56.7 Å². The van der Waals surface area contributed by atoms with Gasteiger partial charge in [-0.1, -0.05) is 36.4 Å². The van der Waals surface area contributed by atoms with Crippen LogP contribution in [-0.4, -0.2) is 28.4 Å². The Morgan fingerprint density at radius 1 is 1.14 bits per heavy atom. The van der Waals surface area contributed by atoms with Gasteiger partial charge < -0.3 is 24.1 Å². The second-order valence-corrected chi connectivity index (χ2v) is 6.81. The molecule has 0 aromatic heterocycles. The van der Waals surface area contributed by atoms with E-state index in [2.05, 4.69) is 0 Å². The van der Waals surface area contributed by atoms with E-state index in [1.54, 1.807) is 6.07 Å². The number of ketones is 1. The molecule has 0 fully saturated rings. The predicted octanol–water partition coefficient (Wildman–Crippen LogP) is 2.02. The third-order valence-electron chi connectivity index (χ3n) is 3.70. The van der Waals surface area contributed by atoms with Gasteiger partial charge in [0.05, 0.1) is 18.3 Å². The van der Waals surface area contributed by atoms with Crippen molar-refractivity contribution >= 4 is 15.9 Å². The number of carbonyl (C=O) groups excluding carboxylic acids is 1. The van der Waals surface area contributed by atoms with Crippen molar-refractivity contribution in [2.45, 2.75) is 11.8 Å². The first-order valence-corrected chi connectivity index (χ1v) is 9.34. The van der Waals surface area contributed by atoms with Gasteiger partial charge in [-0.05, 0) is 17.7 Å². The molecule has 1 aliphatic heterocycles. The van der Waals surface area contributed by atoms with Crippen molar-refractivity contribution in [2.24, 2.45) is 5.73 Å². The van der Waals surface area contributed by atoms with Crippen molar-refractivity contribution < 1.29 is 35.7 Å². The summed E-state index contributed by atoms with van der Waals surface area (Å²) in [5.41, 5.74) is 2.41. The molecule has 1 heterocycles. The lowest BCUT2D eigenvalue weighted by Gasteiger charge is -2.13. The minimum atomic E-state index is -5.05. The van der Waals surface area contributed by atoms with Crippen molar-refractivity contribution in [3.8, 4) is 11.5 Å². The number of rotatable bonds is 7. The molecule has 9 heteroatoms. The molecular formula is C19H19NO7S. The van der Waals surface area contributed by atoms with E-state index < -0.39 is 39.3 Å². The first-order chi connectivity index (χ1) is 14.5. The molecule has 28 heavy (non-hydrogen) atoms. The van der Waals surface area contributed by atoms with Crippen molar-refractivity contribution in [1.29, 1.82) is 0 Å². The maximum atomic E-state index is 12.9. The Balaban J connectivity index is 1.94. The SMILES string of the molecule is [2H]C([2H])(c1ccccc1)S(=O)(=O)OC1=C(N)O[C@]([2H])(c2ccc(OC)c(OC)c2)C1=O. The van der Waals surface area contributed by atoms with Crippen LogP contribution in [0.4, 0.5) is 0 Å². The predicted molar refractivity (Wildman–Crippen MR) is 99.7 cm³/mol. The number of carbonyl (C=O) groups is 1. The number of Topliss-reactive ketones (excluding diaryl/α,β-unsaturated/α-hetero) is 1. The lowest BCUT2D eigenvalue weighted by Crippen LogP contribution is -2.16. The van der Waals surface area contributed by atoms with Crippen LogP contribution in [0.3, 0.4) is 0 Å². The zero-order valence-electron chi connectivity index (χ0n) is 18.0. The molecule has 148 valence electrons.